The standard InChI is InChI=1S/C12H16ClN3O/c1-14-11-8-9(13)2-3-10(11)12(17)16-6-4-15-5-7-16/h2-3,8,14-15H,4-7H2,1H3. The average molecular weight is 254 g/mol. The lowest BCUT2D eigenvalue weighted by Crippen LogP contribution is -2.46. The highest BCUT2D eigenvalue weighted by atomic mass is 35.5. The first-order chi connectivity index (χ1) is 8.22. The third-order valence-electron chi connectivity index (χ3n) is 2.89. The van der Waals surface area contributed by atoms with Gasteiger partial charge in [0, 0.05) is 43.9 Å². The molecule has 17 heavy (non-hydrogen) atoms. The van der Waals surface area contributed by atoms with E-state index >= 15 is 0 Å². The summed E-state index contributed by atoms with van der Waals surface area (Å²) < 4.78 is 0. The summed E-state index contributed by atoms with van der Waals surface area (Å²) in [5, 5.41) is 6.87. The average Bonchev–Trinajstić information content (AvgIpc) is 2.39. The molecule has 1 fully saturated rings. The van der Waals surface area contributed by atoms with E-state index in [9.17, 15) is 4.79 Å². The Bertz CT molecular complexity index is 416. The fourth-order valence-electron chi connectivity index (χ4n) is 1.95. The van der Waals surface area contributed by atoms with Crippen molar-refractivity contribution in [3.63, 3.8) is 0 Å². The van der Waals surface area contributed by atoms with Crippen molar-refractivity contribution < 1.29 is 4.79 Å². The Balaban J connectivity index is 2.23. The molecule has 1 heterocycles. The first-order valence-corrected chi connectivity index (χ1v) is 6.07. The van der Waals surface area contributed by atoms with Gasteiger partial charge in [0.25, 0.3) is 5.91 Å². The van der Waals surface area contributed by atoms with Gasteiger partial charge in [0.05, 0.1) is 5.56 Å². The minimum Gasteiger partial charge on any atom is -0.387 e. The van der Waals surface area contributed by atoms with Gasteiger partial charge in [-0.2, -0.15) is 0 Å². The summed E-state index contributed by atoms with van der Waals surface area (Å²) in [4.78, 5) is 14.2. The van der Waals surface area contributed by atoms with E-state index < -0.39 is 0 Å². The van der Waals surface area contributed by atoms with E-state index in [0.29, 0.717) is 10.6 Å². The van der Waals surface area contributed by atoms with Crippen LogP contribution in [0.25, 0.3) is 0 Å². The van der Waals surface area contributed by atoms with Gasteiger partial charge in [-0.3, -0.25) is 4.79 Å². The first kappa shape index (κ1) is 12.2. The predicted octanol–water partition coefficient (Wildman–Crippen LogP) is 1.43. The van der Waals surface area contributed by atoms with Crippen LogP contribution in [0.5, 0.6) is 0 Å². The molecule has 0 atom stereocenters. The van der Waals surface area contributed by atoms with E-state index in [-0.39, 0.29) is 5.91 Å². The number of amides is 1. The number of hydrogen-bond donors (Lipinski definition) is 2. The molecule has 0 radical (unpaired) electrons. The summed E-state index contributed by atoms with van der Waals surface area (Å²) in [7, 11) is 1.79. The number of hydrogen-bond acceptors (Lipinski definition) is 3. The van der Waals surface area contributed by atoms with Gasteiger partial charge in [-0.05, 0) is 18.2 Å². The topological polar surface area (TPSA) is 44.4 Å². The molecule has 1 aliphatic rings. The molecule has 1 aromatic carbocycles. The number of rotatable bonds is 2. The quantitative estimate of drug-likeness (QED) is 0.838. The minimum absolute atomic E-state index is 0.0625. The third kappa shape index (κ3) is 2.70. The zero-order valence-electron chi connectivity index (χ0n) is 9.79. The van der Waals surface area contributed by atoms with Gasteiger partial charge in [0.1, 0.15) is 0 Å². The van der Waals surface area contributed by atoms with Crippen LogP contribution >= 0.6 is 11.6 Å². The van der Waals surface area contributed by atoms with Crippen LogP contribution in [0.3, 0.4) is 0 Å². The number of nitrogens with one attached hydrogen (secondary N) is 2. The summed E-state index contributed by atoms with van der Waals surface area (Å²) >= 11 is 5.91. The second-order valence-corrected chi connectivity index (χ2v) is 4.42. The number of anilines is 1. The Morgan fingerprint density at radius 3 is 2.76 bits per heavy atom. The Hall–Kier alpha value is -1.26. The molecule has 4 nitrogen and oxygen atoms in total. The molecule has 0 aromatic heterocycles. The van der Waals surface area contributed by atoms with Gasteiger partial charge < -0.3 is 15.5 Å². The molecule has 2 rings (SSSR count). The highest BCUT2D eigenvalue weighted by Gasteiger charge is 2.20. The molecule has 2 N–H and O–H groups in total. The lowest BCUT2D eigenvalue weighted by atomic mass is 10.1. The fourth-order valence-corrected chi connectivity index (χ4v) is 2.12. The molecule has 5 heteroatoms. The molecule has 1 saturated heterocycles. The van der Waals surface area contributed by atoms with E-state index in [1.54, 1.807) is 25.2 Å². The van der Waals surface area contributed by atoms with Crippen molar-refractivity contribution in [3.05, 3.63) is 28.8 Å². The maximum atomic E-state index is 12.3. The van der Waals surface area contributed by atoms with Crippen LogP contribution in [0, 0.1) is 0 Å². The van der Waals surface area contributed by atoms with Crippen molar-refractivity contribution in [2.45, 2.75) is 0 Å². The number of halogens is 1. The van der Waals surface area contributed by atoms with Crippen molar-refractivity contribution in [1.82, 2.24) is 10.2 Å². The lowest BCUT2D eigenvalue weighted by Gasteiger charge is -2.28. The second kappa shape index (κ2) is 5.38. The maximum Gasteiger partial charge on any atom is 0.256 e. The molecule has 0 saturated carbocycles. The minimum atomic E-state index is 0.0625. The molecular formula is C12H16ClN3O. The highest BCUT2D eigenvalue weighted by Crippen LogP contribution is 2.22. The van der Waals surface area contributed by atoms with Crippen molar-refractivity contribution in [2.75, 3.05) is 38.5 Å². The first-order valence-electron chi connectivity index (χ1n) is 5.69. The molecular weight excluding hydrogens is 238 g/mol. The van der Waals surface area contributed by atoms with Crippen LogP contribution in [0.4, 0.5) is 5.69 Å². The molecule has 1 aliphatic heterocycles. The summed E-state index contributed by atoms with van der Waals surface area (Å²) in [6.45, 7) is 3.22. The van der Waals surface area contributed by atoms with Gasteiger partial charge in [0.15, 0.2) is 0 Å². The smallest absolute Gasteiger partial charge is 0.256 e. The second-order valence-electron chi connectivity index (χ2n) is 3.98. The van der Waals surface area contributed by atoms with Crippen molar-refractivity contribution >= 4 is 23.2 Å². The highest BCUT2D eigenvalue weighted by molar-refractivity contribution is 6.31. The zero-order valence-corrected chi connectivity index (χ0v) is 10.5. The number of nitrogens with zero attached hydrogens (tertiary/aromatic N) is 1. The summed E-state index contributed by atoms with van der Waals surface area (Å²) in [5.74, 6) is 0.0625. The summed E-state index contributed by atoms with van der Waals surface area (Å²) in [5.41, 5.74) is 1.46. The van der Waals surface area contributed by atoms with Gasteiger partial charge in [0.2, 0.25) is 0 Å². The number of piperazine rings is 1. The Labute approximate surface area is 106 Å². The van der Waals surface area contributed by atoms with Gasteiger partial charge in [-0.25, -0.2) is 0 Å². The summed E-state index contributed by atoms with van der Waals surface area (Å²) in [6, 6.07) is 5.30. The molecule has 1 amide bonds. The number of carbonyl (C=O) groups excluding carboxylic acids is 1. The van der Waals surface area contributed by atoms with Crippen LogP contribution in [-0.4, -0.2) is 44.0 Å². The maximum absolute atomic E-state index is 12.3. The SMILES string of the molecule is CNc1cc(Cl)ccc1C(=O)N1CCNCC1. The number of carbonyl (C=O) groups is 1. The van der Waals surface area contributed by atoms with Crippen LogP contribution in [0.1, 0.15) is 10.4 Å². The van der Waals surface area contributed by atoms with E-state index in [2.05, 4.69) is 10.6 Å². The molecule has 0 unspecified atom stereocenters. The van der Waals surface area contributed by atoms with Crippen molar-refractivity contribution in [3.8, 4) is 0 Å². The third-order valence-corrected chi connectivity index (χ3v) is 3.12. The fraction of sp³-hybridized carbons (Fsp3) is 0.417. The monoisotopic (exact) mass is 253 g/mol. The van der Waals surface area contributed by atoms with Gasteiger partial charge in [-0.15, -0.1) is 0 Å². The molecule has 0 aliphatic carbocycles. The molecule has 0 bridgehead atoms. The van der Waals surface area contributed by atoms with Crippen molar-refractivity contribution in [1.29, 1.82) is 0 Å². The van der Waals surface area contributed by atoms with E-state index in [1.165, 1.54) is 0 Å². The lowest BCUT2D eigenvalue weighted by molar-refractivity contribution is 0.0737. The van der Waals surface area contributed by atoms with Crippen LogP contribution < -0.4 is 10.6 Å². The Morgan fingerprint density at radius 2 is 2.12 bits per heavy atom. The van der Waals surface area contributed by atoms with Crippen molar-refractivity contribution in [2.24, 2.45) is 0 Å². The van der Waals surface area contributed by atoms with Gasteiger partial charge in [-0.1, -0.05) is 11.6 Å². The van der Waals surface area contributed by atoms with Crippen LogP contribution in [0.2, 0.25) is 5.02 Å². The van der Waals surface area contributed by atoms with Crippen LogP contribution in [0.15, 0.2) is 18.2 Å². The Morgan fingerprint density at radius 1 is 1.41 bits per heavy atom. The van der Waals surface area contributed by atoms with Gasteiger partial charge >= 0.3 is 0 Å². The molecule has 0 spiro atoms. The van der Waals surface area contributed by atoms with E-state index in [0.717, 1.165) is 31.9 Å². The molecule has 92 valence electrons. The zero-order chi connectivity index (χ0) is 12.3. The normalized spacial score (nSPS) is 15.8. The predicted molar refractivity (Wildman–Crippen MR) is 69.8 cm³/mol. The summed E-state index contributed by atoms with van der Waals surface area (Å²) in [6.07, 6.45) is 0. The van der Waals surface area contributed by atoms with E-state index in [1.807, 2.05) is 4.90 Å². The molecule has 1 aromatic rings. The van der Waals surface area contributed by atoms with Crippen LogP contribution in [-0.2, 0) is 0 Å². The largest absolute Gasteiger partial charge is 0.387 e. The Kier molecular flexibility index (Phi) is 3.86. The van der Waals surface area contributed by atoms with E-state index in [4.69, 9.17) is 11.6 Å². The number of benzene rings is 1.